The standard InChI is InChI=1S/C16H22N6O10S2/c1-16(2,3)32-9(23)5-31-21-10(7-6-33-14(17)19-7)12(24)20-11-8(4-30-15(18)26)22(13(11)25)34(27,28)29/h6,8,11H,4-5H2,1-3H3,(H2,17,19)(H2,18,26)(H,20,24)(H,27,28,29)/b21-10-/t8-,11+/m1/s1. The Morgan fingerprint density at radius 1 is 1.35 bits per heavy atom. The molecule has 2 rings (SSSR count). The van der Waals surface area contributed by atoms with Gasteiger partial charge in [0.25, 0.3) is 11.8 Å². The minimum atomic E-state index is -5.02. The second-order valence-electron chi connectivity index (χ2n) is 7.63. The highest BCUT2D eigenvalue weighted by Crippen LogP contribution is 2.24. The minimum absolute atomic E-state index is 0.0114. The van der Waals surface area contributed by atoms with E-state index in [1.807, 2.05) is 0 Å². The third kappa shape index (κ3) is 6.99. The zero-order valence-corrected chi connectivity index (χ0v) is 19.7. The van der Waals surface area contributed by atoms with E-state index in [2.05, 4.69) is 20.2 Å². The first-order valence-electron chi connectivity index (χ1n) is 9.27. The van der Waals surface area contributed by atoms with E-state index in [0.29, 0.717) is 0 Å². The Morgan fingerprint density at radius 2 is 2.00 bits per heavy atom. The largest absolute Gasteiger partial charge is 0.457 e. The van der Waals surface area contributed by atoms with Gasteiger partial charge < -0.3 is 31.1 Å². The average Bonchev–Trinajstić information content (AvgIpc) is 3.09. The number of oxime groups is 1. The Bertz CT molecular complexity index is 1110. The third-order valence-electron chi connectivity index (χ3n) is 3.84. The highest BCUT2D eigenvalue weighted by atomic mass is 32.2. The summed E-state index contributed by atoms with van der Waals surface area (Å²) < 4.78 is 41.7. The SMILES string of the molecule is CC(C)(C)OC(=O)CO/N=C(\C(=O)N[C@@H]1C(=O)N(S(=O)(=O)O)[C@@H]1COC(N)=O)c1csc(N)n1. The molecule has 1 saturated heterocycles. The number of thiazole rings is 1. The minimum Gasteiger partial charge on any atom is -0.457 e. The van der Waals surface area contributed by atoms with E-state index in [9.17, 15) is 32.1 Å². The second-order valence-corrected chi connectivity index (χ2v) is 9.81. The van der Waals surface area contributed by atoms with Crippen LogP contribution in [-0.2, 0) is 39.0 Å². The molecule has 0 aliphatic carbocycles. The number of primary amides is 1. The number of nitrogens with zero attached hydrogens (tertiary/aromatic N) is 3. The van der Waals surface area contributed by atoms with Crippen molar-refractivity contribution in [2.24, 2.45) is 10.9 Å². The molecule has 1 fully saturated rings. The van der Waals surface area contributed by atoms with Crippen molar-refractivity contribution in [3.63, 3.8) is 0 Å². The summed E-state index contributed by atoms with van der Waals surface area (Å²) in [4.78, 5) is 56.5. The Kier molecular flexibility index (Phi) is 8.01. The van der Waals surface area contributed by atoms with Crippen LogP contribution in [0.25, 0.3) is 0 Å². The van der Waals surface area contributed by atoms with Crippen LogP contribution in [0.3, 0.4) is 0 Å². The van der Waals surface area contributed by atoms with Gasteiger partial charge in [0.2, 0.25) is 6.61 Å². The van der Waals surface area contributed by atoms with Gasteiger partial charge in [0, 0.05) is 5.38 Å². The Morgan fingerprint density at radius 3 is 2.50 bits per heavy atom. The summed E-state index contributed by atoms with van der Waals surface area (Å²) >= 11 is 0.952. The number of carbonyl (C=O) groups is 4. The number of carbonyl (C=O) groups excluding carboxylic acids is 4. The predicted octanol–water partition coefficient (Wildman–Crippen LogP) is -1.62. The summed E-state index contributed by atoms with van der Waals surface area (Å²) in [5.41, 5.74) is 9.03. The lowest BCUT2D eigenvalue weighted by molar-refractivity contribution is -0.160. The lowest BCUT2D eigenvalue weighted by Crippen LogP contribution is -2.73. The lowest BCUT2D eigenvalue weighted by atomic mass is 9.99. The molecule has 0 aromatic carbocycles. The Hall–Kier alpha value is -3.51. The molecular weight excluding hydrogens is 500 g/mol. The molecule has 34 heavy (non-hydrogen) atoms. The van der Waals surface area contributed by atoms with Gasteiger partial charge in [0.05, 0.1) is 0 Å². The summed E-state index contributed by atoms with van der Waals surface area (Å²) in [5.74, 6) is -3.08. The highest BCUT2D eigenvalue weighted by molar-refractivity contribution is 7.84. The van der Waals surface area contributed by atoms with Crippen molar-refractivity contribution in [3.05, 3.63) is 11.1 Å². The van der Waals surface area contributed by atoms with Crippen LogP contribution in [0.4, 0.5) is 9.93 Å². The fraction of sp³-hybridized carbons (Fsp3) is 0.500. The van der Waals surface area contributed by atoms with Crippen LogP contribution in [-0.4, -0.2) is 82.7 Å². The number of β-lactam (4-membered cyclic amide) rings is 1. The first-order valence-corrected chi connectivity index (χ1v) is 11.5. The van der Waals surface area contributed by atoms with Gasteiger partial charge >= 0.3 is 22.4 Å². The van der Waals surface area contributed by atoms with Crippen LogP contribution >= 0.6 is 11.3 Å². The summed E-state index contributed by atoms with van der Waals surface area (Å²) in [6.07, 6.45) is -1.28. The Balaban J connectivity index is 2.21. The molecule has 3 amide bonds. The molecule has 16 nitrogen and oxygen atoms in total. The highest BCUT2D eigenvalue weighted by Gasteiger charge is 2.54. The van der Waals surface area contributed by atoms with Crippen molar-refractivity contribution in [2.45, 2.75) is 38.5 Å². The summed E-state index contributed by atoms with van der Waals surface area (Å²) in [6, 6.07) is -3.05. The number of nitrogen functional groups attached to an aromatic ring is 1. The maximum absolute atomic E-state index is 12.8. The van der Waals surface area contributed by atoms with Gasteiger partial charge in [-0.15, -0.1) is 11.3 Å². The van der Waals surface area contributed by atoms with Crippen molar-refractivity contribution >= 4 is 56.4 Å². The van der Waals surface area contributed by atoms with Gasteiger partial charge in [-0.3, -0.25) is 14.1 Å². The first kappa shape index (κ1) is 26.7. The topological polar surface area (TPSA) is 243 Å². The van der Waals surface area contributed by atoms with Gasteiger partial charge in [0.15, 0.2) is 10.8 Å². The molecule has 1 aromatic rings. The van der Waals surface area contributed by atoms with Crippen LogP contribution in [0.2, 0.25) is 0 Å². The molecule has 1 aromatic heterocycles. The quantitative estimate of drug-likeness (QED) is 0.0940. The smallest absolute Gasteiger partial charge is 0.404 e. The number of amides is 3. The molecule has 18 heteroatoms. The van der Waals surface area contributed by atoms with Crippen LogP contribution in [0, 0.1) is 0 Å². The number of hydrogen-bond donors (Lipinski definition) is 4. The maximum atomic E-state index is 12.8. The molecule has 0 bridgehead atoms. The van der Waals surface area contributed by atoms with Crippen molar-refractivity contribution in [3.8, 4) is 0 Å². The summed E-state index contributed by atoms with van der Waals surface area (Å²) in [5, 5.41) is 7.16. The van der Waals surface area contributed by atoms with Gasteiger partial charge in [-0.25, -0.2) is 18.9 Å². The Labute approximate surface area is 197 Å². The molecule has 188 valence electrons. The van der Waals surface area contributed by atoms with Gasteiger partial charge in [-0.05, 0) is 20.8 Å². The molecule has 2 atom stereocenters. The van der Waals surface area contributed by atoms with E-state index in [0.717, 1.165) is 11.3 Å². The van der Waals surface area contributed by atoms with Crippen LogP contribution in [0.15, 0.2) is 10.5 Å². The van der Waals surface area contributed by atoms with Gasteiger partial charge in [0.1, 0.15) is 30.0 Å². The maximum Gasteiger partial charge on any atom is 0.404 e. The number of esters is 1. The first-order chi connectivity index (χ1) is 15.6. The normalized spacial score (nSPS) is 18.6. The van der Waals surface area contributed by atoms with Crippen LogP contribution in [0.5, 0.6) is 0 Å². The summed E-state index contributed by atoms with van der Waals surface area (Å²) in [7, 11) is -5.02. The van der Waals surface area contributed by atoms with E-state index in [-0.39, 0.29) is 15.1 Å². The molecule has 0 saturated carbocycles. The predicted molar refractivity (Wildman–Crippen MR) is 115 cm³/mol. The number of rotatable bonds is 9. The molecule has 1 aliphatic rings. The molecule has 2 heterocycles. The number of nitrogens with two attached hydrogens (primary N) is 2. The van der Waals surface area contributed by atoms with E-state index < -0.39 is 70.8 Å². The van der Waals surface area contributed by atoms with Crippen LogP contribution < -0.4 is 16.8 Å². The van der Waals surface area contributed by atoms with Gasteiger partial charge in [-0.1, -0.05) is 5.16 Å². The van der Waals surface area contributed by atoms with Crippen molar-refractivity contribution in [1.82, 2.24) is 14.6 Å². The van der Waals surface area contributed by atoms with Gasteiger partial charge in [-0.2, -0.15) is 8.42 Å². The fourth-order valence-corrected chi connectivity index (χ4v) is 4.04. The molecular formula is C16H22N6O10S2. The molecule has 0 spiro atoms. The number of hydrogen-bond acceptors (Lipinski definition) is 13. The third-order valence-corrected chi connectivity index (χ3v) is 5.46. The molecule has 6 N–H and O–H groups in total. The molecule has 0 unspecified atom stereocenters. The van der Waals surface area contributed by atoms with Crippen molar-refractivity contribution < 1.29 is 46.5 Å². The second kappa shape index (κ2) is 10.2. The monoisotopic (exact) mass is 522 g/mol. The zero-order chi connectivity index (χ0) is 25.8. The van der Waals surface area contributed by atoms with E-state index in [1.165, 1.54) is 5.38 Å². The number of anilines is 1. The average molecular weight is 523 g/mol. The molecule has 0 radical (unpaired) electrons. The van der Waals surface area contributed by atoms with Crippen molar-refractivity contribution in [1.29, 1.82) is 0 Å². The van der Waals surface area contributed by atoms with E-state index in [4.69, 9.17) is 21.0 Å². The summed E-state index contributed by atoms with van der Waals surface area (Å²) in [6.45, 7) is 3.48. The van der Waals surface area contributed by atoms with Crippen molar-refractivity contribution in [2.75, 3.05) is 18.9 Å². The number of ether oxygens (including phenoxy) is 2. The zero-order valence-electron chi connectivity index (χ0n) is 18.1. The fourth-order valence-electron chi connectivity index (χ4n) is 2.62. The van der Waals surface area contributed by atoms with Crippen LogP contribution in [0.1, 0.15) is 26.5 Å². The van der Waals surface area contributed by atoms with E-state index >= 15 is 0 Å². The molecule has 1 aliphatic heterocycles. The number of nitrogens with one attached hydrogen (secondary N) is 1. The van der Waals surface area contributed by atoms with E-state index in [1.54, 1.807) is 20.8 Å². The number of aromatic nitrogens is 1. The lowest BCUT2D eigenvalue weighted by Gasteiger charge is -2.43.